The Kier molecular flexibility index (Phi) is 4.64. The van der Waals surface area contributed by atoms with Crippen LogP contribution in [0.4, 0.5) is 34.4 Å². The molecule has 2 aliphatic rings. The van der Waals surface area contributed by atoms with Gasteiger partial charge < -0.3 is 19.6 Å². The molecule has 2 atom stereocenters. The van der Waals surface area contributed by atoms with E-state index in [0.717, 1.165) is 44.8 Å². The largest absolute Gasteiger partial charge is 0.351 e. The van der Waals surface area contributed by atoms with Crippen LogP contribution < -0.4 is 19.6 Å². The van der Waals surface area contributed by atoms with Crippen molar-refractivity contribution in [2.24, 2.45) is 0 Å². The molecular weight excluding hydrogens is 456 g/mol. The maximum atomic E-state index is 5.13. The highest BCUT2D eigenvalue weighted by molar-refractivity contribution is 5.95. The minimum absolute atomic E-state index is 0.140. The predicted molar refractivity (Wildman–Crippen MR) is 155 cm³/mol. The minimum Gasteiger partial charge on any atom is -0.351 e. The standard InChI is InChI=1S/C31H30N6/c1-19-26(36-20(2)34(4)28-17-22-11-6-8-13-24(22)32-30(28)36)15-10-16-27(19)37-21(3)35(5)29-18-23-12-7-9-14-25(23)33-31(29)37/h6-18,20-21H,1-5H3/t20-,21+. The van der Waals surface area contributed by atoms with E-state index in [0.29, 0.717) is 0 Å². The van der Waals surface area contributed by atoms with Gasteiger partial charge in [-0.3, -0.25) is 0 Å². The van der Waals surface area contributed by atoms with Crippen molar-refractivity contribution in [2.75, 3.05) is 33.7 Å². The van der Waals surface area contributed by atoms with Crippen molar-refractivity contribution in [1.82, 2.24) is 9.97 Å². The molecule has 0 bridgehead atoms. The van der Waals surface area contributed by atoms with Crippen LogP contribution in [0.15, 0.2) is 78.9 Å². The molecule has 0 unspecified atom stereocenters. The minimum atomic E-state index is 0.140. The average molecular weight is 487 g/mol. The maximum absolute atomic E-state index is 5.13. The summed E-state index contributed by atoms with van der Waals surface area (Å²) in [6.45, 7) is 6.71. The van der Waals surface area contributed by atoms with Gasteiger partial charge in [0.15, 0.2) is 11.6 Å². The normalized spacial score (nSPS) is 18.7. The van der Waals surface area contributed by atoms with Gasteiger partial charge in [0, 0.05) is 36.2 Å². The lowest BCUT2D eigenvalue weighted by atomic mass is 10.1. The molecule has 2 aromatic heterocycles. The first-order chi connectivity index (χ1) is 17.9. The molecule has 0 N–H and O–H groups in total. The second kappa shape index (κ2) is 7.84. The van der Waals surface area contributed by atoms with E-state index in [1.807, 2.05) is 0 Å². The van der Waals surface area contributed by atoms with Crippen molar-refractivity contribution >= 4 is 56.2 Å². The van der Waals surface area contributed by atoms with Crippen LogP contribution >= 0.6 is 0 Å². The Bertz CT molecular complexity index is 1570. The van der Waals surface area contributed by atoms with E-state index in [1.165, 1.54) is 16.9 Å². The molecule has 6 heteroatoms. The molecular formula is C31H30N6. The molecule has 0 radical (unpaired) electrons. The number of nitrogens with zero attached hydrogens (tertiary/aromatic N) is 6. The summed E-state index contributed by atoms with van der Waals surface area (Å²) in [5, 5.41) is 2.33. The highest BCUT2D eigenvalue weighted by atomic mass is 15.4. The van der Waals surface area contributed by atoms with Crippen molar-refractivity contribution < 1.29 is 0 Å². The number of hydrogen-bond acceptors (Lipinski definition) is 6. The van der Waals surface area contributed by atoms with E-state index in [2.05, 4.69) is 133 Å². The molecule has 0 saturated heterocycles. The average Bonchev–Trinajstić information content (AvgIpc) is 3.30. The second-order valence-electron chi connectivity index (χ2n) is 10.2. The molecule has 37 heavy (non-hydrogen) atoms. The van der Waals surface area contributed by atoms with E-state index >= 15 is 0 Å². The molecule has 0 spiro atoms. The highest BCUT2D eigenvalue weighted by Gasteiger charge is 2.37. The van der Waals surface area contributed by atoms with Crippen LogP contribution in [0.1, 0.15) is 19.4 Å². The third-order valence-corrected chi connectivity index (χ3v) is 8.25. The molecule has 0 amide bonds. The van der Waals surface area contributed by atoms with Gasteiger partial charge >= 0.3 is 0 Å². The molecule has 184 valence electrons. The predicted octanol–water partition coefficient (Wildman–Crippen LogP) is 6.96. The van der Waals surface area contributed by atoms with Gasteiger partial charge in [-0.1, -0.05) is 42.5 Å². The Morgan fingerprint density at radius 2 is 1.00 bits per heavy atom. The van der Waals surface area contributed by atoms with Crippen molar-refractivity contribution in [1.29, 1.82) is 0 Å². The van der Waals surface area contributed by atoms with Crippen LogP contribution in [0.3, 0.4) is 0 Å². The van der Waals surface area contributed by atoms with Crippen LogP contribution in [-0.2, 0) is 0 Å². The molecule has 0 saturated carbocycles. The van der Waals surface area contributed by atoms with E-state index in [4.69, 9.17) is 9.97 Å². The maximum Gasteiger partial charge on any atom is 0.159 e. The number of para-hydroxylation sites is 2. The summed E-state index contributed by atoms with van der Waals surface area (Å²) in [5.74, 6) is 2.01. The number of rotatable bonds is 2. The first kappa shape index (κ1) is 21.9. The van der Waals surface area contributed by atoms with Gasteiger partial charge in [0.1, 0.15) is 12.3 Å². The first-order valence-electron chi connectivity index (χ1n) is 12.9. The van der Waals surface area contributed by atoms with Crippen molar-refractivity contribution in [3.05, 3.63) is 84.4 Å². The van der Waals surface area contributed by atoms with Gasteiger partial charge in [-0.25, -0.2) is 9.97 Å². The van der Waals surface area contributed by atoms with Gasteiger partial charge in [0.05, 0.1) is 22.4 Å². The van der Waals surface area contributed by atoms with Gasteiger partial charge in [-0.05, 0) is 62.7 Å². The highest BCUT2D eigenvalue weighted by Crippen LogP contribution is 2.49. The summed E-state index contributed by atoms with van der Waals surface area (Å²) in [7, 11) is 4.31. The zero-order valence-electron chi connectivity index (χ0n) is 21.8. The SMILES string of the molecule is Cc1c(N2c3nc4ccccc4cc3N(C)[C@H]2C)cccc1N1c2nc3ccccc3cc2N(C)[C@@H]1C. The fourth-order valence-corrected chi connectivity index (χ4v) is 5.93. The van der Waals surface area contributed by atoms with Crippen LogP contribution in [0.2, 0.25) is 0 Å². The lowest BCUT2D eigenvalue weighted by molar-refractivity contribution is 0.722. The summed E-state index contributed by atoms with van der Waals surface area (Å²) in [4.78, 5) is 19.6. The Hall–Kier alpha value is -4.32. The molecule has 0 aliphatic carbocycles. The molecule has 4 heterocycles. The second-order valence-corrected chi connectivity index (χ2v) is 10.2. The molecule has 7 rings (SSSR count). The number of benzene rings is 3. The summed E-state index contributed by atoms with van der Waals surface area (Å²) >= 11 is 0. The monoisotopic (exact) mass is 486 g/mol. The van der Waals surface area contributed by atoms with E-state index in [9.17, 15) is 0 Å². The fourth-order valence-electron chi connectivity index (χ4n) is 5.93. The van der Waals surface area contributed by atoms with E-state index < -0.39 is 0 Å². The van der Waals surface area contributed by atoms with Gasteiger partial charge in [0.25, 0.3) is 0 Å². The zero-order valence-corrected chi connectivity index (χ0v) is 21.8. The lowest BCUT2D eigenvalue weighted by Gasteiger charge is -2.32. The Morgan fingerprint density at radius 1 is 0.568 bits per heavy atom. The number of aromatic nitrogens is 2. The number of anilines is 6. The number of hydrogen-bond donors (Lipinski definition) is 0. The fraction of sp³-hybridized carbons (Fsp3) is 0.226. The van der Waals surface area contributed by atoms with Crippen molar-refractivity contribution in [3.63, 3.8) is 0 Å². The Balaban J connectivity index is 1.39. The molecule has 6 nitrogen and oxygen atoms in total. The number of fused-ring (bicyclic) bond motifs is 4. The smallest absolute Gasteiger partial charge is 0.159 e. The summed E-state index contributed by atoms with van der Waals surface area (Å²) in [6.07, 6.45) is 0.280. The van der Waals surface area contributed by atoms with Crippen LogP contribution in [0.5, 0.6) is 0 Å². The molecule has 0 fully saturated rings. The van der Waals surface area contributed by atoms with E-state index in [-0.39, 0.29) is 12.3 Å². The van der Waals surface area contributed by atoms with Crippen molar-refractivity contribution in [3.8, 4) is 0 Å². The quantitative estimate of drug-likeness (QED) is 0.269. The lowest BCUT2D eigenvalue weighted by Crippen LogP contribution is -2.37. The van der Waals surface area contributed by atoms with E-state index in [1.54, 1.807) is 0 Å². The number of pyridine rings is 2. The zero-order chi connectivity index (χ0) is 25.4. The third kappa shape index (κ3) is 3.05. The van der Waals surface area contributed by atoms with Crippen LogP contribution in [0.25, 0.3) is 21.8 Å². The Labute approximate surface area is 217 Å². The van der Waals surface area contributed by atoms with Gasteiger partial charge in [0.2, 0.25) is 0 Å². The van der Waals surface area contributed by atoms with Crippen LogP contribution in [-0.4, -0.2) is 36.4 Å². The summed E-state index contributed by atoms with van der Waals surface area (Å²) in [5.41, 5.74) is 7.90. The summed E-state index contributed by atoms with van der Waals surface area (Å²) in [6, 6.07) is 27.8. The first-order valence-corrected chi connectivity index (χ1v) is 12.9. The van der Waals surface area contributed by atoms with Crippen molar-refractivity contribution in [2.45, 2.75) is 33.1 Å². The van der Waals surface area contributed by atoms with Gasteiger partial charge in [-0.2, -0.15) is 0 Å². The van der Waals surface area contributed by atoms with Crippen LogP contribution in [0, 0.1) is 6.92 Å². The molecule has 3 aromatic carbocycles. The van der Waals surface area contributed by atoms with Gasteiger partial charge in [-0.15, -0.1) is 0 Å². The molecule has 5 aromatic rings. The topological polar surface area (TPSA) is 38.7 Å². The Morgan fingerprint density at radius 3 is 1.46 bits per heavy atom. The summed E-state index contributed by atoms with van der Waals surface area (Å²) < 4.78 is 0. The third-order valence-electron chi connectivity index (χ3n) is 8.25. The molecule has 2 aliphatic heterocycles.